The van der Waals surface area contributed by atoms with E-state index < -0.39 is 10.8 Å². The first kappa shape index (κ1) is 13.1. The van der Waals surface area contributed by atoms with Crippen LogP contribution in [0.5, 0.6) is 0 Å². The average Bonchev–Trinajstić information content (AvgIpc) is 2.35. The van der Waals surface area contributed by atoms with Gasteiger partial charge in [0.25, 0.3) is 0 Å². The molecule has 1 heterocycles. The quantitative estimate of drug-likeness (QED) is 0.909. The van der Waals surface area contributed by atoms with Gasteiger partial charge in [0.05, 0.1) is 0 Å². The van der Waals surface area contributed by atoms with E-state index in [2.05, 4.69) is 29.6 Å². The third kappa shape index (κ3) is 3.33. The highest BCUT2D eigenvalue weighted by atomic mass is 32.2. The predicted molar refractivity (Wildman–Crippen MR) is 76.9 cm³/mol. The van der Waals surface area contributed by atoms with Crippen LogP contribution in [0.15, 0.2) is 24.3 Å². The minimum Gasteiger partial charge on any atom is -0.308 e. The van der Waals surface area contributed by atoms with Gasteiger partial charge in [-0.2, -0.15) is 11.8 Å². The van der Waals surface area contributed by atoms with Crippen LogP contribution < -0.4 is 5.32 Å². The van der Waals surface area contributed by atoms with E-state index in [1.165, 1.54) is 11.1 Å². The van der Waals surface area contributed by atoms with Gasteiger partial charge in [-0.15, -0.1) is 0 Å². The lowest BCUT2D eigenvalue weighted by molar-refractivity contribution is 0.569. The molecule has 17 heavy (non-hydrogen) atoms. The van der Waals surface area contributed by atoms with Crippen molar-refractivity contribution in [3.05, 3.63) is 35.4 Å². The van der Waals surface area contributed by atoms with Crippen LogP contribution in [0.25, 0.3) is 0 Å². The summed E-state index contributed by atoms with van der Waals surface area (Å²) in [6.45, 7) is 2.85. The molecule has 0 amide bonds. The molecular formula is C13H19NOS2. The molecule has 0 aromatic heterocycles. The molecule has 1 aliphatic heterocycles. The van der Waals surface area contributed by atoms with Crippen molar-refractivity contribution in [2.45, 2.75) is 24.0 Å². The Morgan fingerprint density at radius 2 is 2.29 bits per heavy atom. The SMILES string of the molecule is CC(CNC1CSCc2ccccc21)S(C)=O. The van der Waals surface area contributed by atoms with Crippen molar-refractivity contribution in [1.82, 2.24) is 5.32 Å². The van der Waals surface area contributed by atoms with E-state index in [-0.39, 0.29) is 5.25 Å². The lowest BCUT2D eigenvalue weighted by atomic mass is 10.0. The molecule has 4 heteroatoms. The summed E-state index contributed by atoms with van der Waals surface area (Å²) in [5.74, 6) is 2.23. The molecule has 1 N–H and O–H groups in total. The summed E-state index contributed by atoms with van der Waals surface area (Å²) in [5, 5.41) is 3.76. The minimum atomic E-state index is -0.742. The Kier molecular flexibility index (Phi) is 4.65. The van der Waals surface area contributed by atoms with E-state index in [1.807, 2.05) is 18.7 Å². The monoisotopic (exact) mass is 269 g/mol. The van der Waals surface area contributed by atoms with Gasteiger partial charge in [-0.25, -0.2) is 0 Å². The molecule has 2 rings (SSSR count). The van der Waals surface area contributed by atoms with E-state index in [1.54, 1.807) is 6.26 Å². The van der Waals surface area contributed by atoms with Crippen molar-refractivity contribution in [1.29, 1.82) is 0 Å². The van der Waals surface area contributed by atoms with Crippen molar-refractivity contribution in [3.8, 4) is 0 Å². The maximum Gasteiger partial charge on any atom is 0.0441 e. The van der Waals surface area contributed by atoms with E-state index in [0.29, 0.717) is 6.04 Å². The van der Waals surface area contributed by atoms with Gasteiger partial charge in [0.2, 0.25) is 0 Å². The molecule has 1 aliphatic rings. The van der Waals surface area contributed by atoms with Gasteiger partial charge in [0, 0.05) is 46.4 Å². The molecule has 0 radical (unpaired) electrons. The van der Waals surface area contributed by atoms with E-state index >= 15 is 0 Å². The molecule has 0 aliphatic carbocycles. The van der Waals surface area contributed by atoms with Gasteiger partial charge in [0.15, 0.2) is 0 Å². The zero-order chi connectivity index (χ0) is 12.3. The molecule has 0 saturated heterocycles. The second-order valence-corrected chi connectivity index (χ2v) is 7.32. The molecule has 0 fully saturated rings. The fraction of sp³-hybridized carbons (Fsp3) is 0.538. The highest BCUT2D eigenvalue weighted by Crippen LogP contribution is 2.31. The largest absolute Gasteiger partial charge is 0.308 e. The number of rotatable bonds is 4. The lowest BCUT2D eigenvalue weighted by Gasteiger charge is -2.27. The minimum absolute atomic E-state index is 0.217. The van der Waals surface area contributed by atoms with Crippen molar-refractivity contribution < 1.29 is 4.21 Å². The Balaban J connectivity index is 2.01. The zero-order valence-electron chi connectivity index (χ0n) is 10.3. The number of hydrogen-bond acceptors (Lipinski definition) is 3. The lowest BCUT2D eigenvalue weighted by Crippen LogP contribution is -2.33. The van der Waals surface area contributed by atoms with Crippen LogP contribution in [0, 0.1) is 0 Å². The summed E-state index contributed by atoms with van der Waals surface area (Å²) in [5.41, 5.74) is 2.85. The highest BCUT2D eigenvalue weighted by molar-refractivity contribution is 7.98. The molecule has 0 bridgehead atoms. The Labute approximate surface area is 110 Å². The highest BCUT2D eigenvalue weighted by Gasteiger charge is 2.20. The zero-order valence-corrected chi connectivity index (χ0v) is 11.9. The van der Waals surface area contributed by atoms with Crippen molar-refractivity contribution in [2.24, 2.45) is 0 Å². The van der Waals surface area contributed by atoms with E-state index in [4.69, 9.17) is 0 Å². The van der Waals surface area contributed by atoms with Crippen molar-refractivity contribution in [3.63, 3.8) is 0 Å². The van der Waals surface area contributed by atoms with Crippen LogP contribution in [0.2, 0.25) is 0 Å². The summed E-state index contributed by atoms with van der Waals surface area (Å²) in [6, 6.07) is 9.03. The molecule has 2 nitrogen and oxygen atoms in total. The molecule has 1 aromatic rings. The molecule has 3 unspecified atom stereocenters. The molecule has 94 valence electrons. The second-order valence-electron chi connectivity index (χ2n) is 4.48. The topological polar surface area (TPSA) is 29.1 Å². The molecular weight excluding hydrogens is 250 g/mol. The predicted octanol–water partition coefficient (Wildman–Crippen LogP) is 2.33. The first-order valence-electron chi connectivity index (χ1n) is 5.89. The Morgan fingerprint density at radius 3 is 3.06 bits per heavy atom. The van der Waals surface area contributed by atoms with Crippen LogP contribution in [0.1, 0.15) is 24.1 Å². The summed E-state index contributed by atoms with van der Waals surface area (Å²) < 4.78 is 11.3. The molecule has 0 spiro atoms. The molecule has 0 saturated carbocycles. The maximum absolute atomic E-state index is 11.3. The number of hydrogen-bond donors (Lipinski definition) is 1. The van der Waals surface area contributed by atoms with Gasteiger partial charge < -0.3 is 5.32 Å². The first-order valence-corrected chi connectivity index (χ1v) is 8.67. The van der Waals surface area contributed by atoms with Crippen LogP contribution in [0.3, 0.4) is 0 Å². The third-order valence-electron chi connectivity index (χ3n) is 3.19. The van der Waals surface area contributed by atoms with Crippen LogP contribution in [0.4, 0.5) is 0 Å². The summed E-state index contributed by atoms with van der Waals surface area (Å²) in [6.07, 6.45) is 1.77. The molecule has 3 atom stereocenters. The van der Waals surface area contributed by atoms with Crippen LogP contribution >= 0.6 is 11.8 Å². The Hall–Kier alpha value is -0.320. The Bertz CT molecular complexity index is 408. The molecule has 1 aromatic carbocycles. The first-order chi connectivity index (χ1) is 8.18. The van der Waals surface area contributed by atoms with Crippen LogP contribution in [-0.4, -0.2) is 28.0 Å². The average molecular weight is 269 g/mol. The van der Waals surface area contributed by atoms with Crippen molar-refractivity contribution >= 4 is 22.6 Å². The normalized spacial score (nSPS) is 22.8. The van der Waals surface area contributed by atoms with Gasteiger partial charge >= 0.3 is 0 Å². The smallest absolute Gasteiger partial charge is 0.0441 e. The van der Waals surface area contributed by atoms with E-state index in [0.717, 1.165) is 18.1 Å². The van der Waals surface area contributed by atoms with Crippen LogP contribution in [-0.2, 0) is 16.6 Å². The Morgan fingerprint density at radius 1 is 1.53 bits per heavy atom. The van der Waals surface area contributed by atoms with Gasteiger partial charge in [-0.05, 0) is 18.1 Å². The summed E-state index contributed by atoms with van der Waals surface area (Å²) in [4.78, 5) is 0. The van der Waals surface area contributed by atoms with Gasteiger partial charge in [-0.3, -0.25) is 4.21 Å². The second kappa shape index (κ2) is 6.03. The van der Waals surface area contributed by atoms with Gasteiger partial charge in [0.1, 0.15) is 0 Å². The number of fused-ring (bicyclic) bond motifs is 1. The fourth-order valence-electron chi connectivity index (χ4n) is 1.98. The standard InChI is InChI=1S/C13H19NOS2/c1-10(17(2)15)7-14-13-9-16-8-11-5-3-4-6-12(11)13/h3-6,10,13-14H,7-9H2,1-2H3. The van der Waals surface area contributed by atoms with E-state index in [9.17, 15) is 4.21 Å². The number of benzene rings is 1. The van der Waals surface area contributed by atoms with Crippen molar-refractivity contribution in [2.75, 3.05) is 18.6 Å². The number of nitrogens with one attached hydrogen (secondary N) is 1. The fourth-order valence-corrected chi connectivity index (χ4v) is 3.44. The summed E-state index contributed by atoms with van der Waals surface area (Å²) >= 11 is 1.97. The summed E-state index contributed by atoms with van der Waals surface area (Å²) in [7, 11) is -0.742. The van der Waals surface area contributed by atoms with Gasteiger partial charge in [-0.1, -0.05) is 24.3 Å². The number of thioether (sulfide) groups is 1. The third-order valence-corrected chi connectivity index (χ3v) is 5.58. The maximum atomic E-state index is 11.3.